The van der Waals surface area contributed by atoms with Crippen molar-refractivity contribution in [2.45, 2.75) is 102 Å². The van der Waals surface area contributed by atoms with Crippen LogP contribution in [-0.2, 0) is 0 Å². The van der Waals surface area contributed by atoms with Gasteiger partial charge in [0.05, 0.1) is 0 Å². The Morgan fingerprint density at radius 3 is 1.53 bits per heavy atom. The van der Waals surface area contributed by atoms with E-state index in [0.29, 0.717) is 5.92 Å². The molecule has 0 N–H and O–H groups in total. The van der Waals surface area contributed by atoms with Crippen molar-refractivity contribution in [2.75, 3.05) is 0 Å². The van der Waals surface area contributed by atoms with Crippen LogP contribution in [0.3, 0.4) is 0 Å². The molecule has 7 aromatic carbocycles. The normalized spacial score (nSPS) is 14.1. The van der Waals surface area contributed by atoms with Crippen molar-refractivity contribution in [1.82, 2.24) is 0 Å². The van der Waals surface area contributed by atoms with Crippen molar-refractivity contribution in [2.24, 2.45) is 11.8 Å². The fraction of sp³-hybridized carbons (Fsp3) is 0.221. The van der Waals surface area contributed by atoms with E-state index in [2.05, 4.69) is 307 Å². The van der Waals surface area contributed by atoms with E-state index in [1.165, 1.54) is 116 Å². The van der Waals surface area contributed by atoms with Crippen LogP contribution < -0.4 is 0 Å². The number of unbranched alkanes of at least 4 members (excludes halogenated alkanes) is 1. The molecule has 2 unspecified atom stereocenters. The molecule has 0 saturated carbocycles. The molecule has 0 heteroatoms. The summed E-state index contributed by atoms with van der Waals surface area (Å²) in [5.41, 5.74) is 21.9. The topological polar surface area (TPSA) is 0 Å². The Hall–Kier alpha value is -7.80. The number of hydrogen-bond acceptors (Lipinski definition) is 0. The molecule has 0 saturated heterocycles. The molecule has 0 aromatic heterocycles. The summed E-state index contributed by atoms with van der Waals surface area (Å²) in [6.07, 6.45) is 33.9. The van der Waals surface area contributed by atoms with E-state index in [-0.39, 0.29) is 5.92 Å². The van der Waals surface area contributed by atoms with Crippen LogP contribution in [0, 0.1) is 11.8 Å². The monoisotopic (exact) mass is 1010 g/mol. The van der Waals surface area contributed by atoms with Crippen molar-refractivity contribution in [3.8, 4) is 44.5 Å². The first-order valence-corrected chi connectivity index (χ1v) is 28.1. The Morgan fingerprint density at radius 2 is 1.00 bits per heavy atom. The first kappa shape index (κ1) is 56.9. The van der Waals surface area contributed by atoms with E-state index in [1.54, 1.807) is 0 Å². The lowest BCUT2D eigenvalue weighted by Crippen LogP contribution is -1.99. The van der Waals surface area contributed by atoms with Crippen LogP contribution in [0.2, 0.25) is 0 Å². The van der Waals surface area contributed by atoms with Gasteiger partial charge in [0, 0.05) is 0 Å². The van der Waals surface area contributed by atoms with E-state index in [4.69, 9.17) is 0 Å². The quantitative estimate of drug-likeness (QED) is 0.0497. The van der Waals surface area contributed by atoms with E-state index in [9.17, 15) is 0 Å². The lowest BCUT2D eigenvalue weighted by molar-refractivity contribution is 0.700. The zero-order valence-corrected chi connectivity index (χ0v) is 48.1. The van der Waals surface area contributed by atoms with E-state index >= 15 is 0 Å². The van der Waals surface area contributed by atoms with Gasteiger partial charge in [-0.15, -0.1) is 0 Å². The highest BCUT2D eigenvalue weighted by molar-refractivity contribution is 6.19. The number of fused-ring (bicyclic) bond motifs is 2. The number of allylic oxidation sites excluding steroid dienone is 21. The SMILES string of the molecule is C=C(/C=C\C(=C/C(C)CC)c1c2ccccc2c(C(/C=C/CCC)=C/C=C(C)/C(C)=C/C=C\C(C)=C(/C)CC)c2cc(-c3cccc(-c4ccccc4)c3)c(-c3cccc(-c4ccccc4)c3)cc12)C(C)/C=C\C=C(C)C. The first-order valence-electron chi connectivity index (χ1n) is 28.1. The smallest absolute Gasteiger partial charge is 0.00132 e. The molecule has 390 valence electrons. The standard InChI is InChI=1S/C77H82/c1-13-16-19-38-64(47-45-60(11)59(10)33-27-32-57(8)56(7)15-3)76-70-43-24-25-44-71(70)77(69(49-55(6)14-2)48-46-61(12)58(9)31-26-30-54(4)5)75-53-73(68-42-29-40-66(51-68)63-36-22-18-23-37-63)72(52-74(75)76)67-41-28-39-65(50-67)62-34-20-17-21-35-62/h17-53,55,58H,12-16H2,1-11H3/b31-26-,32-27-,38-19+,48-46-,57-56+,59-33+,60-45+,64-47+,69-49+. The molecule has 0 aliphatic heterocycles. The molecule has 77 heavy (non-hydrogen) atoms. The third-order valence-corrected chi connectivity index (χ3v) is 15.1. The Morgan fingerprint density at radius 1 is 0.481 bits per heavy atom. The van der Waals surface area contributed by atoms with Crippen molar-refractivity contribution in [3.63, 3.8) is 0 Å². The molecule has 7 rings (SSSR count). The molecule has 0 nitrogen and oxygen atoms in total. The van der Waals surface area contributed by atoms with Gasteiger partial charge in [-0.25, -0.2) is 0 Å². The molecule has 0 fully saturated rings. The Labute approximate surface area is 464 Å². The van der Waals surface area contributed by atoms with E-state index in [1.807, 2.05) is 0 Å². The lowest BCUT2D eigenvalue weighted by atomic mass is 9.81. The van der Waals surface area contributed by atoms with Crippen LogP contribution in [0.4, 0.5) is 0 Å². The maximum Gasteiger partial charge on any atom is -0.00132 e. The molecule has 0 radical (unpaired) electrons. The second-order valence-corrected chi connectivity index (χ2v) is 21.2. The molecule has 0 amide bonds. The largest absolute Gasteiger partial charge is 0.0952 e. The summed E-state index contributed by atoms with van der Waals surface area (Å²) in [6, 6.07) is 54.0. The summed E-state index contributed by atoms with van der Waals surface area (Å²) >= 11 is 0. The van der Waals surface area contributed by atoms with Gasteiger partial charge in [0.25, 0.3) is 0 Å². The third kappa shape index (κ3) is 14.8. The summed E-state index contributed by atoms with van der Waals surface area (Å²) in [7, 11) is 0. The summed E-state index contributed by atoms with van der Waals surface area (Å²) < 4.78 is 0. The summed E-state index contributed by atoms with van der Waals surface area (Å²) in [5.74, 6) is 0.496. The van der Waals surface area contributed by atoms with Gasteiger partial charge in [-0.2, -0.15) is 0 Å². The Kier molecular flexibility index (Phi) is 20.6. The van der Waals surface area contributed by atoms with Crippen molar-refractivity contribution >= 4 is 32.7 Å². The molecule has 0 bridgehead atoms. The zero-order chi connectivity index (χ0) is 54.8. The Balaban J connectivity index is 1.63. The molecular weight excluding hydrogens is 925 g/mol. The maximum atomic E-state index is 4.64. The lowest BCUT2D eigenvalue weighted by Gasteiger charge is -2.23. The number of hydrogen-bond donors (Lipinski definition) is 0. The minimum atomic E-state index is 0.167. The molecule has 0 spiro atoms. The number of benzene rings is 7. The van der Waals surface area contributed by atoms with Gasteiger partial charge in [0.1, 0.15) is 0 Å². The number of rotatable bonds is 21. The molecule has 2 atom stereocenters. The van der Waals surface area contributed by atoms with Gasteiger partial charge in [0.2, 0.25) is 0 Å². The fourth-order valence-corrected chi connectivity index (χ4v) is 9.68. The fourth-order valence-electron chi connectivity index (χ4n) is 9.68. The second-order valence-electron chi connectivity index (χ2n) is 21.2. The molecule has 0 heterocycles. The van der Waals surface area contributed by atoms with Crippen LogP contribution in [-0.4, -0.2) is 0 Å². The summed E-state index contributed by atoms with van der Waals surface area (Å²) in [6.45, 7) is 29.1. The summed E-state index contributed by atoms with van der Waals surface area (Å²) in [4.78, 5) is 0. The van der Waals surface area contributed by atoms with Gasteiger partial charge in [-0.3, -0.25) is 0 Å². The van der Waals surface area contributed by atoms with Crippen molar-refractivity contribution in [1.29, 1.82) is 0 Å². The Bertz CT molecular complexity index is 3500. The van der Waals surface area contributed by atoms with Crippen molar-refractivity contribution < 1.29 is 0 Å². The van der Waals surface area contributed by atoms with E-state index < -0.39 is 0 Å². The average Bonchev–Trinajstić information content (AvgIpc) is 3.48. The minimum Gasteiger partial charge on any atom is -0.0952 e. The summed E-state index contributed by atoms with van der Waals surface area (Å²) in [5, 5.41) is 4.87. The zero-order valence-electron chi connectivity index (χ0n) is 48.1. The van der Waals surface area contributed by atoms with Gasteiger partial charge < -0.3 is 0 Å². The molecule has 0 aliphatic carbocycles. The van der Waals surface area contributed by atoms with Gasteiger partial charge in [-0.05, 0) is 196 Å². The average molecular weight is 1010 g/mol. The maximum absolute atomic E-state index is 4.64. The van der Waals surface area contributed by atoms with Gasteiger partial charge in [-0.1, -0.05) is 271 Å². The van der Waals surface area contributed by atoms with Crippen LogP contribution in [0.15, 0.2) is 265 Å². The van der Waals surface area contributed by atoms with Crippen molar-refractivity contribution in [3.05, 3.63) is 276 Å². The molecule has 7 aromatic rings. The van der Waals surface area contributed by atoms with Gasteiger partial charge in [0.15, 0.2) is 0 Å². The first-order chi connectivity index (χ1) is 37.3. The second kappa shape index (κ2) is 27.8. The van der Waals surface area contributed by atoms with Crippen LogP contribution in [0.25, 0.3) is 77.2 Å². The highest BCUT2D eigenvalue weighted by Crippen LogP contribution is 2.47. The predicted octanol–water partition coefficient (Wildman–Crippen LogP) is 23.3. The van der Waals surface area contributed by atoms with Crippen LogP contribution >= 0.6 is 0 Å². The van der Waals surface area contributed by atoms with Gasteiger partial charge >= 0.3 is 0 Å². The minimum absolute atomic E-state index is 0.167. The molecular formula is C77H82. The van der Waals surface area contributed by atoms with E-state index in [0.717, 1.165) is 31.3 Å². The highest BCUT2D eigenvalue weighted by Gasteiger charge is 2.22. The molecule has 0 aliphatic rings. The predicted molar refractivity (Wildman–Crippen MR) is 344 cm³/mol. The van der Waals surface area contributed by atoms with Crippen LogP contribution in [0.1, 0.15) is 113 Å². The third-order valence-electron chi connectivity index (χ3n) is 15.1. The van der Waals surface area contributed by atoms with Crippen LogP contribution in [0.5, 0.6) is 0 Å². The highest BCUT2D eigenvalue weighted by atomic mass is 14.3.